The summed E-state index contributed by atoms with van der Waals surface area (Å²) in [6.45, 7) is 2.46. The number of aromatic nitrogens is 3. The van der Waals surface area contributed by atoms with Gasteiger partial charge in [0, 0.05) is 21.0 Å². The second-order valence-corrected chi connectivity index (χ2v) is 10.8. The summed E-state index contributed by atoms with van der Waals surface area (Å²) in [4.78, 5) is 6.09. The maximum absolute atomic E-state index is 6.58. The van der Waals surface area contributed by atoms with E-state index in [0.29, 0.717) is 11.6 Å². The molecule has 1 fully saturated rings. The minimum Gasteiger partial charge on any atom is -0.276 e. The van der Waals surface area contributed by atoms with Crippen LogP contribution in [0.3, 0.4) is 0 Å². The van der Waals surface area contributed by atoms with Gasteiger partial charge in [0.1, 0.15) is 17.4 Å². The molecule has 2 aliphatic rings. The van der Waals surface area contributed by atoms with E-state index in [-0.39, 0.29) is 0 Å². The van der Waals surface area contributed by atoms with E-state index in [1.807, 2.05) is 31.2 Å². The number of hydrogen-bond acceptors (Lipinski definition) is 4. The van der Waals surface area contributed by atoms with Crippen molar-refractivity contribution in [2.75, 3.05) is 0 Å². The number of halogens is 1. The molecule has 6 heteroatoms. The number of rotatable bonds is 4. The fourth-order valence-electron chi connectivity index (χ4n) is 5.20. The zero-order valence-electron chi connectivity index (χ0n) is 19.7. The van der Waals surface area contributed by atoms with Gasteiger partial charge in [0.25, 0.3) is 0 Å². The summed E-state index contributed by atoms with van der Waals surface area (Å²) in [5.74, 6) is 2.45. The molecule has 0 bridgehead atoms. The monoisotopic (exact) mass is 498 g/mol. The third-order valence-electron chi connectivity index (χ3n) is 7.04. The van der Waals surface area contributed by atoms with Crippen molar-refractivity contribution in [2.45, 2.75) is 51.5 Å². The fraction of sp³-hybridized carbons (Fsp3) is 0.276. The zero-order chi connectivity index (χ0) is 23.8. The van der Waals surface area contributed by atoms with Crippen LogP contribution in [0, 0.1) is 6.92 Å². The van der Waals surface area contributed by atoms with Crippen molar-refractivity contribution in [2.24, 2.45) is 4.99 Å². The lowest BCUT2D eigenvalue weighted by atomic mass is 9.84. The van der Waals surface area contributed by atoms with Crippen LogP contribution in [0.1, 0.15) is 76.8 Å². The molecule has 0 amide bonds. The van der Waals surface area contributed by atoms with Crippen LogP contribution >= 0.6 is 22.9 Å². The van der Waals surface area contributed by atoms with Crippen LogP contribution in [0.4, 0.5) is 0 Å². The van der Waals surface area contributed by atoms with Gasteiger partial charge in [-0.15, -0.1) is 21.5 Å². The van der Waals surface area contributed by atoms with E-state index in [0.717, 1.165) is 44.3 Å². The molecule has 0 unspecified atom stereocenters. The summed E-state index contributed by atoms with van der Waals surface area (Å²) in [6, 6.07) is 19.2. The van der Waals surface area contributed by atoms with Crippen LogP contribution in [-0.4, -0.2) is 20.5 Å². The lowest BCUT2D eigenvalue weighted by Gasteiger charge is -2.21. The average Bonchev–Trinajstić information content (AvgIpc) is 3.43. The van der Waals surface area contributed by atoms with E-state index in [9.17, 15) is 0 Å². The van der Waals surface area contributed by atoms with Gasteiger partial charge >= 0.3 is 0 Å². The Hall–Kier alpha value is -3.02. The van der Waals surface area contributed by atoms with Crippen molar-refractivity contribution in [1.29, 1.82) is 0 Å². The molecule has 1 saturated carbocycles. The minimum absolute atomic E-state index is 0.474. The highest BCUT2D eigenvalue weighted by molar-refractivity contribution is 7.16. The second kappa shape index (κ2) is 9.56. The summed E-state index contributed by atoms with van der Waals surface area (Å²) in [5.41, 5.74) is 5.62. The quantitative estimate of drug-likeness (QED) is 0.287. The minimum atomic E-state index is 0.474. The Balaban J connectivity index is 1.34. The standard InChI is InChI=1S/C29H27ClN4S/c1-19-32-33-27-18-31-28(24-9-5-6-10-26(24)30)25-17-23(35-29(25)34(19)27)16-13-20-11-14-22(15-12-20)21-7-3-2-4-8-21/h5-6,9-17,21H,2-4,7-8,18H2,1H3/b16-13-. The van der Waals surface area contributed by atoms with Crippen molar-refractivity contribution in [3.8, 4) is 5.00 Å². The van der Waals surface area contributed by atoms with E-state index in [2.05, 4.69) is 57.2 Å². The highest BCUT2D eigenvalue weighted by atomic mass is 35.5. The van der Waals surface area contributed by atoms with E-state index >= 15 is 0 Å². The second-order valence-electron chi connectivity index (χ2n) is 9.35. The third-order valence-corrected chi connectivity index (χ3v) is 8.46. The predicted molar refractivity (Wildman–Crippen MR) is 146 cm³/mol. The molecule has 6 rings (SSSR count). The normalized spacial score (nSPS) is 16.1. The molecule has 0 atom stereocenters. The first-order chi connectivity index (χ1) is 17.2. The Kier molecular flexibility index (Phi) is 6.13. The van der Waals surface area contributed by atoms with Gasteiger partial charge in [0.2, 0.25) is 0 Å². The first-order valence-electron chi connectivity index (χ1n) is 12.3. The van der Waals surface area contributed by atoms with Crippen LogP contribution in [-0.2, 0) is 6.54 Å². The Bertz CT molecular complexity index is 1420. The van der Waals surface area contributed by atoms with Gasteiger partial charge in [-0.3, -0.25) is 9.56 Å². The van der Waals surface area contributed by atoms with Gasteiger partial charge < -0.3 is 0 Å². The molecule has 2 aromatic carbocycles. The summed E-state index contributed by atoms with van der Waals surface area (Å²) in [5, 5.41) is 10.5. The van der Waals surface area contributed by atoms with Gasteiger partial charge in [0.15, 0.2) is 5.82 Å². The van der Waals surface area contributed by atoms with Crippen LogP contribution < -0.4 is 0 Å². The summed E-state index contributed by atoms with van der Waals surface area (Å²) in [6.07, 6.45) is 11.2. The Morgan fingerprint density at radius 1 is 0.943 bits per heavy atom. The molecule has 4 aromatic rings. The molecule has 2 aromatic heterocycles. The topological polar surface area (TPSA) is 43.1 Å². The van der Waals surface area contributed by atoms with E-state index in [1.54, 1.807) is 11.3 Å². The Morgan fingerprint density at radius 3 is 2.54 bits per heavy atom. The van der Waals surface area contributed by atoms with Gasteiger partial charge in [-0.1, -0.05) is 79.4 Å². The number of fused-ring (bicyclic) bond motifs is 3. The highest BCUT2D eigenvalue weighted by Crippen LogP contribution is 2.36. The molecule has 0 saturated heterocycles. The Labute approximate surface area is 215 Å². The van der Waals surface area contributed by atoms with E-state index in [1.165, 1.54) is 43.2 Å². The molecule has 4 nitrogen and oxygen atoms in total. The molecule has 1 aliphatic heterocycles. The van der Waals surface area contributed by atoms with Crippen molar-refractivity contribution in [1.82, 2.24) is 14.8 Å². The number of thiophene rings is 1. The largest absolute Gasteiger partial charge is 0.276 e. The number of hydrogen-bond donors (Lipinski definition) is 0. The molecule has 176 valence electrons. The van der Waals surface area contributed by atoms with Crippen LogP contribution in [0.5, 0.6) is 0 Å². The molecular formula is C29H27ClN4S. The lowest BCUT2D eigenvalue weighted by Crippen LogP contribution is -2.05. The number of aliphatic imine (C=N–C) groups is 1. The number of aryl methyl sites for hydroxylation is 1. The van der Waals surface area contributed by atoms with Crippen LogP contribution in [0.2, 0.25) is 5.02 Å². The Morgan fingerprint density at radius 2 is 1.74 bits per heavy atom. The highest BCUT2D eigenvalue weighted by Gasteiger charge is 2.25. The van der Waals surface area contributed by atoms with Gasteiger partial charge in [-0.05, 0) is 55.0 Å². The van der Waals surface area contributed by atoms with Crippen molar-refractivity contribution >= 4 is 40.8 Å². The summed E-state index contributed by atoms with van der Waals surface area (Å²) < 4.78 is 2.13. The smallest absolute Gasteiger partial charge is 0.160 e. The first kappa shape index (κ1) is 22.4. The number of nitrogens with zero attached hydrogens (tertiary/aromatic N) is 4. The zero-order valence-corrected chi connectivity index (χ0v) is 21.3. The van der Waals surface area contributed by atoms with Gasteiger partial charge in [-0.25, -0.2) is 0 Å². The SMILES string of the molecule is Cc1nnc2n1-c1sc(/C=C\c3ccc(C4CCCCC4)cc3)cc1C(c1ccccc1Cl)=NC2. The predicted octanol–water partition coefficient (Wildman–Crippen LogP) is 7.86. The maximum atomic E-state index is 6.58. The van der Waals surface area contributed by atoms with Gasteiger partial charge in [-0.2, -0.15) is 0 Å². The van der Waals surface area contributed by atoms with Crippen molar-refractivity contribution in [3.05, 3.63) is 98.4 Å². The molecule has 1 aliphatic carbocycles. The van der Waals surface area contributed by atoms with E-state index in [4.69, 9.17) is 16.6 Å². The average molecular weight is 499 g/mol. The number of benzene rings is 2. The van der Waals surface area contributed by atoms with E-state index < -0.39 is 0 Å². The molecular weight excluding hydrogens is 472 g/mol. The molecule has 0 spiro atoms. The molecule has 0 radical (unpaired) electrons. The lowest BCUT2D eigenvalue weighted by molar-refractivity contribution is 0.443. The first-order valence-corrected chi connectivity index (χ1v) is 13.5. The van der Waals surface area contributed by atoms with Crippen molar-refractivity contribution < 1.29 is 0 Å². The van der Waals surface area contributed by atoms with Gasteiger partial charge in [0.05, 0.1) is 5.71 Å². The fourth-order valence-corrected chi connectivity index (χ4v) is 6.56. The molecule has 3 heterocycles. The van der Waals surface area contributed by atoms with Crippen LogP contribution in [0.15, 0.2) is 59.6 Å². The van der Waals surface area contributed by atoms with Crippen LogP contribution in [0.25, 0.3) is 17.2 Å². The summed E-state index contributed by atoms with van der Waals surface area (Å²) in [7, 11) is 0. The van der Waals surface area contributed by atoms with Crippen molar-refractivity contribution in [3.63, 3.8) is 0 Å². The maximum Gasteiger partial charge on any atom is 0.160 e. The summed E-state index contributed by atoms with van der Waals surface area (Å²) >= 11 is 8.32. The molecule has 0 N–H and O–H groups in total. The molecule has 35 heavy (non-hydrogen) atoms. The third kappa shape index (κ3) is 4.39.